The van der Waals surface area contributed by atoms with Crippen LogP contribution in [0.15, 0.2) is 48.7 Å². The number of aromatic nitrogens is 1. The maximum absolute atomic E-state index is 11.6. The summed E-state index contributed by atoms with van der Waals surface area (Å²) in [7, 11) is 3.76. The fourth-order valence-electron chi connectivity index (χ4n) is 2.26. The number of likely N-dealkylation sites (N-methyl/N-ethyl adjacent to an activating group) is 1. The van der Waals surface area contributed by atoms with Gasteiger partial charge < -0.3 is 15.5 Å². The third-order valence-corrected chi connectivity index (χ3v) is 3.30. The van der Waals surface area contributed by atoms with Gasteiger partial charge in [-0.2, -0.15) is 0 Å². The van der Waals surface area contributed by atoms with Gasteiger partial charge in [0.15, 0.2) is 0 Å². The summed E-state index contributed by atoms with van der Waals surface area (Å²) in [6.07, 6.45) is 1.77. The fraction of sp³-hybridized carbons (Fsp3) is 0.294. The molecule has 0 atom stereocenters. The van der Waals surface area contributed by atoms with Gasteiger partial charge in [-0.15, -0.1) is 0 Å². The number of carbonyl (C=O) groups is 1. The molecule has 0 unspecified atom stereocenters. The zero-order valence-electron chi connectivity index (χ0n) is 13.0. The highest BCUT2D eigenvalue weighted by Crippen LogP contribution is 2.17. The Hall–Kier alpha value is -2.40. The van der Waals surface area contributed by atoms with E-state index in [1.54, 1.807) is 13.2 Å². The summed E-state index contributed by atoms with van der Waals surface area (Å²) in [5, 5.41) is 5.73. The highest BCUT2D eigenvalue weighted by molar-refractivity contribution is 5.78. The van der Waals surface area contributed by atoms with Crippen molar-refractivity contribution in [1.29, 1.82) is 0 Å². The van der Waals surface area contributed by atoms with Crippen LogP contribution in [-0.2, 0) is 17.9 Å². The Labute approximate surface area is 131 Å². The minimum absolute atomic E-state index is 0.0250. The lowest BCUT2D eigenvalue weighted by Gasteiger charge is -2.21. The molecule has 0 saturated carbocycles. The molecule has 1 aromatic heterocycles. The first kappa shape index (κ1) is 16.0. The molecular weight excluding hydrogens is 276 g/mol. The summed E-state index contributed by atoms with van der Waals surface area (Å²) in [6, 6.07) is 14.1. The second-order valence-corrected chi connectivity index (χ2v) is 5.13. The molecule has 0 aliphatic heterocycles. The van der Waals surface area contributed by atoms with Crippen LogP contribution in [0.4, 0.5) is 5.82 Å². The molecule has 5 nitrogen and oxygen atoms in total. The average molecular weight is 298 g/mol. The summed E-state index contributed by atoms with van der Waals surface area (Å²) in [6.45, 7) is 1.56. The van der Waals surface area contributed by atoms with Gasteiger partial charge >= 0.3 is 0 Å². The van der Waals surface area contributed by atoms with Crippen LogP contribution in [0.5, 0.6) is 0 Å². The Balaban J connectivity index is 2.05. The molecule has 2 aromatic rings. The van der Waals surface area contributed by atoms with Crippen molar-refractivity contribution < 1.29 is 4.79 Å². The second kappa shape index (κ2) is 8.14. The lowest BCUT2D eigenvalue weighted by atomic mass is 10.2. The minimum Gasteiger partial charge on any atom is -0.355 e. The van der Waals surface area contributed by atoms with Crippen molar-refractivity contribution >= 4 is 11.7 Å². The van der Waals surface area contributed by atoms with E-state index in [2.05, 4.69) is 32.7 Å². The number of anilines is 1. The number of nitrogens with zero attached hydrogens (tertiary/aromatic N) is 2. The van der Waals surface area contributed by atoms with E-state index < -0.39 is 0 Å². The second-order valence-electron chi connectivity index (χ2n) is 5.13. The third-order valence-electron chi connectivity index (χ3n) is 3.30. The zero-order chi connectivity index (χ0) is 15.8. The van der Waals surface area contributed by atoms with E-state index in [0.717, 1.165) is 17.9 Å². The highest BCUT2D eigenvalue weighted by atomic mass is 16.1. The maximum Gasteiger partial charge on any atom is 0.234 e. The molecule has 5 heteroatoms. The fourth-order valence-corrected chi connectivity index (χ4v) is 2.26. The van der Waals surface area contributed by atoms with Gasteiger partial charge in [0, 0.05) is 31.9 Å². The molecule has 2 N–H and O–H groups in total. The van der Waals surface area contributed by atoms with Gasteiger partial charge in [-0.1, -0.05) is 36.4 Å². The molecule has 0 spiro atoms. The van der Waals surface area contributed by atoms with Gasteiger partial charge in [-0.3, -0.25) is 4.79 Å². The van der Waals surface area contributed by atoms with Crippen LogP contribution in [0.3, 0.4) is 0 Å². The zero-order valence-corrected chi connectivity index (χ0v) is 13.0. The van der Waals surface area contributed by atoms with Crippen LogP contribution >= 0.6 is 0 Å². The van der Waals surface area contributed by atoms with Crippen LogP contribution in [0.25, 0.3) is 0 Å². The summed E-state index contributed by atoms with van der Waals surface area (Å²) in [5.74, 6) is 0.860. The van der Waals surface area contributed by atoms with E-state index in [4.69, 9.17) is 0 Å². The molecule has 0 aliphatic rings. The highest BCUT2D eigenvalue weighted by Gasteiger charge is 2.10. The smallest absolute Gasteiger partial charge is 0.234 e. The molecular formula is C17H22N4O. The Morgan fingerprint density at radius 3 is 2.68 bits per heavy atom. The molecule has 1 heterocycles. The number of rotatable bonds is 7. The number of hydrogen-bond acceptors (Lipinski definition) is 4. The molecule has 0 radical (unpaired) electrons. The van der Waals surface area contributed by atoms with Gasteiger partial charge in [0.2, 0.25) is 5.91 Å². The molecule has 1 aromatic carbocycles. The van der Waals surface area contributed by atoms with Crippen molar-refractivity contribution in [2.24, 2.45) is 0 Å². The van der Waals surface area contributed by atoms with Crippen LogP contribution in [0, 0.1) is 0 Å². The molecule has 2 rings (SSSR count). The third kappa shape index (κ3) is 4.56. The SMILES string of the molecule is CNCC(=O)NCc1cccnc1N(C)Cc1ccccc1. The molecule has 22 heavy (non-hydrogen) atoms. The van der Waals surface area contributed by atoms with Gasteiger partial charge in [-0.05, 0) is 18.7 Å². The lowest BCUT2D eigenvalue weighted by molar-refractivity contribution is -0.120. The topological polar surface area (TPSA) is 57.3 Å². The van der Waals surface area contributed by atoms with E-state index >= 15 is 0 Å². The number of pyridine rings is 1. The summed E-state index contributed by atoms with van der Waals surface area (Å²) in [5.41, 5.74) is 2.23. The Kier molecular flexibility index (Phi) is 5.91. The van der Waals surface area contributed by atoms with Crippen molar-refractivity contribution in [3.05, 3.63) is 59.8 Å². The maximum atomic E-state index is 11.6. The normalized spacial score (nSPS) is 10.3. The number of carbonyl (C=O) groups excluding carboxylic acids is 1. The lowest BCUT2D eigenvalue weighted by Crippen LogP contribution is -2.32. The largest absolute Gasteiger partial charge is 0.355 e. The monoisotopic (exact) mass is 298 g/mol. The van der Waals surface area contributed by atoms with E-state index in [1.807, 2.05) is 37.4 Å². The van der Waals surface area contributed by atoms with Crippen LogP contribution in [0.2, 0.25) is 0 Å². The Bertz CT molecular complexity index is 601. The number of nitrogens with one attached hydrogen (secondary N) is 2. The molecule has 1 amide bonds. The van der Waals surface area contributed by atoms with Crippen molar-refractivity contribution in [1.82, 2.24) is 15.6 Å². The first-order chi connectivity index (χ1) is 10.7. The van der Waals surface area contributed by atoms with Gasteiger partial charge in [0.1, 0.15) is 5.82 Å². The van der Waals surface area contributed by atoms with Gasteiger partial charge in [0.25, 0.3) is 0 Å². The molecule has 0 bridgehead atoms. The predicted molar refractivity (Wildman–Crippen MR) is 88.6 cm³/mol. The van der Waals surface area contributed by atoms with Crippen molar-refractivity contribution in [2.45, 2.75) is 13.1 Å². The number of amides is 1. The average Bonchev–Trinajstić information content (AvgIpc) is 2.54. The summed E-state index contributed by atoms with van der Waals surface area (Å²) < 4.78 is 0. The minimum atomic E-state index is -0.0250. The van der Waals surface area contributed by atoms with Crippen LogP contribution in [0.1, 0.15) is 11.1 Å². The number of hydrogen-bond donors (Lipinski definition) is 2. The molecule has 0 fully saturated rings. The quantitative estimate of drug-likeness (QED) is 0.814. The Morgan fingerprint density at radius 1 is 1.18 bits per heavy atom. The first-order valence-electron chi connectivity index (χ1n) is 7.31. The standard InChI is InChI=1S/C17H22N4O/c1-18-12-16(22)20-11-15-9-6-10-19-17(15)21(2)13-14-7-4-3-5-8-14/h3-10,18H,11-13H2,1-2H3,(H,20,22). The first-order valence-corrected chi connectivity index (χ1v) is 7.31. The summed E-state index contributed by atoms with van der Waals surface area (Å²) >= 11 is 0. The van der Waals surface area contributed by atoms with Crippen LogP contribution in [-0.4, -0.2) is 31.5 Å². The molecule has 0 aliphatic carbocycles. The Morgan fingerprint density at radius 2 is 1.95 bits per heavy atom. The van der Waals surface area contributed by atoms with E-state index in [-0.39, 0.29) is 5.91 Å². The molecule has 116 valence electrons. The predicted octanol–water partition coefficient (Wildman–Crippen LogP) is 1.55. The van der Waals surface area contributed by atoms with Crippen molar-refractivity contribution in [3.8, 4) is 0 Å². The van der Waals surface area contributed by atoms with E-state index in [0.29, 0.717) is 13.1 Å². The van der Waals surface area contributed by atoms with E-state index in [9.17, 15) is 4.79 Å². The van der Waals surface area contributed by atoms with Crippen LogP contribution < -0.4 is 15.5 Å². The van der Waals surface area contributed by atoms with E-state index in [1.165, 1.54) is 5.56 Å². The van der Waals surface area contributed by atoms with Crippen molar-refractivity contribution in [3.63, 3.8) is 0 Å². The number of benzene rings is 1. The van der Waals surface area contributed by atoms with Gasteiger partial charge in [-0.25, -0.2) is 4.98 Å². The summed E-state index contributed by atoms with van der Waals surface area (Å²) in [4.78, 5) is 18.1. The van der Waals surface area contributed by atoms with Crippen molar-refractivity contribution in [2.75, 3.05) is 25.5 Å². The van der Waals surface area contributed by atoms with Gasteiger partial charge in [0.05, 0.1) is 6.54 Å². The molecule has 0 saturated heterocycles.